The van der Waals surface area contributed by atoms with Gasteiger partial charge in [-0.15, -0.1) is 12.4 Å². The van der Waals surface area contributed by atoms with Crippen LogP contribution in [0.5, 0.6) is 11.5 Å². The molecule has 0 aliphatic heterocycles. The summed E-state index contributed by atoms with van der Waals surface area (Å²) < 4.78 is 35.5. The van der Waals surface area contributed by atoms with Crippen molar-refractivity contribution in [1.29, 1.82) is 0 Å². The summed E-state index contributed by atoms with van der Waals surface area (Å²) in [4.78, 5) is 21.4. The zero-order valence-electron chi connectivity index (χ0n) is 12.1. The van der Waals surface area contributed by atoms with Crippen molar-refractivity contribution < 1.29 is 28.0 Å². The van der Waals surface area contributed by atoms with Gasteiger partial charge >= 0.3 is 5.69 Å². The molecule has 23 heavy (non-hydrogen) atoms. The first-order chi connectivity index (χ1) is 10.3. The molecule has 11 heteroatoms. The van der Waals surface area contributed by atoms with E-state index in [1.165, 1.54) is 19.2 Å². The zero-order chi connectivity index (χ0) is 16.8. The molecule has 0 atom stereocenters. The molecule has 3 N–H and O–H groups in total. The first-order valence-corrected chi connectivity index (χ1v) is 6.09. The number of nitrogens with zero attached hydrogens (tertiary/aromatic N) is 1. The number of ether oxygens (including phenoxy) is 2. The maximum atomic E-state index is 12.8. The third-order valence-corrected chi connectivity index (χ3v) is 2.56. The van der Waals surface area contributed by atoms with E-state index in [1.807, 2.05) is 5.32 Å². The molecule has 0 aliphatic rings. The van der Waals surface area contributed by atoms with Crippen molar-refractivity contribution in [2.75, 3.05) is 26.8 Å². The fourth-order valence-corrected chi connectivity index (χ4v) is 1.40. The van der Waals surface area contributed by atoms with Crippen LogP contribution in [0.15, 0.2) is 18.2 Å². The molecule has 0 spiro atoms. The maximum Gasteiger partial charge on any atom is 0.311 e. The minimum Gasteiger partial charge on any atom is -0.490 e. The van der Waals surface area contributed by atoms with E-state index in [4.69, 9.17) is 15.2 Å². The van der Waals surface area contributed by atoms with Crippen molar-refractivity contribution in [2.24, 2.45) is 5.73 Å². The van der Waals surface area contributed by atoms with Crippen LogP contribution in [0.2, 0.25) is 0 Å². The van der Waals surface area contributed by atoms with E-state index in [1.54, 1.807) is 0 Å². The Labute approximate surface area is 136 Å². The number of carbonyl (C=O) groups excluding carboxylic acids is 1. The minimum atomic E-state index is -3.19. The topological polar surface area (TPSA) is 117 Å². The number of hydrogen-bond donors (Lipinski definition) is 2. The van der Waals surface area contributed by atoms with Crippen molar-refractivity contribution >= 4 is 24.0 Å². The molecule has 1 aromatic rings. The number of halogens is 3. The molecule has 1 aromatic carbocycles. The number of alkyl halides is 2. The Bertz CT molecular complexity index is 559. The van der Waals surface area contributed by atoms with Crippen LogP contribution in [0.3, 0.4) is 0 Å². The van der Waals surface area contributed by atoms with E-state index in [0.29, 0.717) is 0 Å². The Hall–Kier alpha value is -2.20. The second kappa shape index (κ2) is 9.06. The molecule has 0 bridgehead atoms. The van der Waals surface area contributed by atoms with Crippen molar-refractivity contribution in [2.45, 2.75) is 5.92 Å². The van der Waals surface area contributed by atoms with Gasteiger partial charge < -0.3 is 20.5 Å². The zero-order valence-corrected chi connectivity index (χ0v) is 12.9. The third kappa shape index (κ3) is 6.61. The third-order valence-electron chi connectivity index (χ3n) is 2.56. The molecule has 0 aliphatic carbocycles. The van der Waals surface area contributed by atoms with Crippen LogP contribution < -0.4 is 20.5 Å². The van der Waals surface area contributed by atoms with Crippen LogP contribution in [0.25, 0.3) is 0 Å². The Kier molecular flexibility index (Phi) is 8.19. The number of carbonyl (C=O) groups is 1. The number of amides is 1. The monoisotopic (exact) mass is 355 g/mol. The van der Waals surface area contributed by atoms with Gasteiger partial charge in [0.25, 0.3) is 11.8 Å². The Morgan fingerprint density at radius 3 is 2.65 bits per heavy atom. The number of hydrogen-bond acceptors (Lipinski definition) is 6. The summed E-state index contributed by atoms with van der Waals surface area (Å²) in [6, 6.07) is 3.64. The minimum absolute atomic E-state index is 0. The molecule has 1 amide bonds. The van der Waals surface area contributed by atoms with Gasteiger partial charge in [-0.2, -0.15) is 0 Å². The van der Waals surface area contributed by atoms with Crippen LogP contribution in [0.1, 0.15) is 0 Å². The average Bonchev–Trinajstić information content (AvgIpc) is 2.50. The molecule has 8 nitrogen and oxygen atoms in total. The summed E-state index contributed by atoms with van der Waals surface area (Å²) in [7, 11) is 1.24. The van der Waals surface area contributed by atoms with E-state index in [-0.39, 0.29) is 29.6 Å². The lowest BCUT2D eigenvalue weighted by molar-refractivity contribution is -0.385. The van der Waals surface area contributed by atoms with Crippen molar-refractivity contribution in [3.63, 3.8) is 0 Å². The van der Waals surface area contributed by atoms with Gasteiger partial charge in [-0.3, -0.25) is 14.9 Å². The second-order valence-electron chi connectivity index (χ2n) is 4.22. The van der Waals surface area contributed by atoms with Crippen LogP contribution in [-0.2, 0) is 4.79 Å². The quantitative estimate of drug-likeness (QED) is 0.533. The van der Waals surface area contributed by atoms with Crippen LogP contribution in [-0.4, -0.2) is 43.6 Å². The number of nitro benzene ring substituents is 1. The smallest absolute Gasteiger partial charge is 0.311 e. The first-order valence-electron chi connectivity index (χ1n) is 6.09. The first kappa shape index (κ1) is 20.8. The summed E-state index contributed by atoms with van der Waals surface area (Å²) in [5.41, 5.74) is 4.56. The molecule has 0 saturated carbocycles. The molecule has 0 saturated heterocycles. The van der Waals surface area contributed by atoms with Crippen LogP contribution in [0, 0.1) is 10.1 Å². The second-order valence-corrected chi connectivity index (χ2v) is 4.22. The van der Waals surface area contributed by atoms with E-state index < -0.39 is 36.4 Å². The summed E-state index contributed by atoms with van der Waals surface area (Å²) in [5.74, 6) is -3.88. The van der Waals surface area contributed by atoms with Gasteiger partial charge in [0.15, 0.2) is 6.61 Å². The van der Waals surface area contributed by atoms with Gasteiger partial charge in [0.05, 0.1) is 25.1 Å². The molecule has 0 fully saturated rings. The lowest BCUT2D eigenvalue weighted by Crippen LogP contribution is -2.43. The molecule has 0 unspecified atom stereocenters. The number of methoxy groups -OCH3 is 1. The fraction of sp³-hybridized carbons (Fsp3) is 0.417. The Balaban J connectivity index is 0.00000484. The highest BCUT2D eigenvalue weighted by atomic mass is 35.5. The maximum absolute atomic E-state index is 12.8. The van der Waals surface area contributed by atoms with Gasteiger partial charge in [-0.1, -0.05) is 0 Å². The molecular formula is C12H16ClF2N3O5. The molecule has 1 rings (SSSR count). The molecule has 0 heterocycles. The lowest BCUT2D eigenvalue weighted by atomic mass is 10.3. The average molecular weight is 356 g/mol. The summed E-state index contributed by atoms with van der Waals surface area (Å²) in [6.45, 7) is -2.30. The van der Waals surface area contributed by atoms with Gasteiger partial charge in [-0.05, 0) is 6.07 Å². The highest BCUT2D eigenvalue weighted by molar-refractivity contribution is 5.85. The van der Waals surface area contributed by atoms with Gasteiger partial charge in [0, 0.05) is 12.1 Å². The van der Waals surface area contributed by atoms with Gasteiger partial charge in [0.2, 0.25) is 5.75 Å². The van der Waals surface area contributed by atoms with Crippen LogP contribution >= 0.6 is 12.4 Å². The van der Waals surface area contributed by atoms with E-state index >= 15 is 0 Å². The molecular weight excluding hydrogens is 340 g/mol. The predicted molar refractivity (Wildman–Crippen MR) is 79.4 cm³/mol. The largest absolute Gasteiger partial charge is 0.490 e. The Morgan fingerprint density at radius 2 is 2.13 bits per heavy atom. The lowest BCUT2D eigenvalue weighted by Gasteiger charge is -2.14. The number of rotatable bonds is 8. The van der Waals surface area contributed by atoms with Crippen molar-refractivity contribution in [1.82, 2.24) is 5.32 Å². The van der Waals surface area contributed by atoms with Crippen molar-refractivity contribution in [3.05, 3.63) is 28.3 Å². The standard InChI is InChI=1S/C12H15F2N3O5.ClH/c1-21-10-4-8(2-3-9(10)17(19)20)22-5-11(18)16-7-12(13,14)6-15;/h2-4H,5-7,15H2,1H3,(H,16,18);1H. The summed E-state index contributed by atoms with van der Waals surface area (Å²) in [6.07, 6.45) is 0. The van der Waals surface area contributed by atoms with E-state index in [2.05, 4.69) is 0 Å². The van der Waals surface area contributed by atoms with E-state index in [9.17, 15) is 23.7 Å². The molecule has 0 radical (unpaired) electrons. The molecule has 0 aromatic heterocycles. The van der Waals surface area contributed by atoms with Gasteiger partial charge in [0.1, 0.15) is 5.75 Å². The summed E-state index contributed by atoms with van der Waals surface area (Å²) >= 11 is 0. The number of nitro groups is 1. The van der Waals surface area contributed by atoms with Crippen LogP contribution in [0.4, 0.5) is 14.5 Å². The number of nitrogens with one attached hydrogen (secondary N) is 1. The van der Waals surface area contributed by atoms with Crippen molar-refractivity contribution in [3.8, 4) is 11.5 Å². The Morgan fingerprint density at radius 1 is 1.48 bits per heavy atom. The molecule has 130 valence electrons. The summed E-state index contributed by atoms with van der Waals surface area (Å²) in [5, 5.41) is 12.7. The van der Waals surface area contributed by atoms with Gasteiger partial charge in [-0.25, -0.2) is 8.78 Å². The number of nitrogens with two attached hydrogens (primary N) is 1. The fourth-order valence-electron chi connectivity index (χ4n) is 1.40. The number of benzene rings is 1. The normalized spacial score (nSPS) is 10.4. The van der Waals surface area contributed by atoms with E-state index in [0.717, 1.165) is 6.07 Å². The highest BCUT2D eigenvalue weighted by Gasteiger charge is 2.27. The predicted octanol–water partition coefficient (Wildman–Crippen LogP) is 1.11. The SMILES string of the molecule is COc1cc(OCC(=O)NCC(F)(F)CN)ccc1[N+](=O)[O-].Cl. The highest BCUT2D eigenvalue weighted by Crippen LogP contribution is 2.30.